The molecule has 1 aliphatic carbocycles. The number of piperazine rings is 1. The van der Waals surface area contributed by atoms with E-state index >= 15 is 0 Å². The predicted octanol–water partition coefficient (Wildman–Crippen LogP) is 0.942. The molecule has 2 saturated heterocycles. The van der Waals surface area contributed by atoms with E-state index in [1.165, 1.54) is 0 Å². The fourth-order valence-corrected chi connectivity index (χ4v) is 4.90. The Bertz CT molecular complexity index is 785. The van der Waals surface area contributed by atoms with Crippen LogP contribution in [0.25, 0.3) is 0 Å². The number of carbonyl (C=O) groups is 2. The molecule has 3 heterocycles. The molecule has 0 radical (unpaired) electrons. The van der Waals surface area contributed by atoms with Crippen LogP contribution in [0, 0.1) is 5.92 Å². The third kappa shape index (κ3) is 2.74. The highest BCUT2D eigenvalue weighted by atomic mass is 16.7. The van der Waals surface area contributed by atoms with Crippen LogP contribution in [0.1, 0.15) is 25.7 Å². The first kappa shape index (κ1) is 16.8. The van der Waals surface area contributed by atoms with Crippen molar-refractivity contribution in [2.75, 3.05) is 25.7 Å². The van der Waals surface area contributed by atoms with Gasteiger partial charge in [-0.25, -0.2) is 5.01 Å². The molecule has 27 heavy (non-hydrogen) atoms. The third-order valence-corrected chi connectivity index (χ3v) is 6.33. The molecule has 0 aromatic heterocycles. The summed E-state index contributed by atoms with van der Waals surface area (Å²) >= 11 is 0. The summed E-state index contributed by atoms with van der Waals surface area (Å²) in [4.78, 5) is 27.4. The molecule has 4 atom stereocenters. The van der Waals surface area contributed by atoms with Crippen molar-refractivity contribution in [1.82, 2.24) is 15.3 Å². The van der Waals surface area contributed by atoms with Crippen LogP contribution in [0.4, 0.5) is 5.69 Å². The van der Waals surface area contributed by atoms with Crippen LogP contribution in [-0.2, 0) is 9.59 Å². The molecule has 8 nitrogen and oxygen atoms in total. The highest BCUT2D eigenvalue weighted by Crippen LogP contribution is 2.38. The van der Waals surface area contributed by atoms with Crippen LogP contribution in [0.15, 0.2) is 18.2 Å². The van der Waals surface area contributed by atoms with E-state index in [4.69, 9.17) is 9.47 Å². The van der Waals surface area contributed by atoms with Gasteiger partial charge >= 0.3 is 0 Å². The second kappa shape index (κ2) is 6.38. The lowest BCUT2D eigenvalue weighted by Gasteiger charge is -2.50. The maximum Gasteiger partial charge on any atom is 0.241 e. The topological polar surface area (TPSA) is 83.1 Å². The number of anilines is 1. The van der Waals surface area contributed by atoms with Crippen LogP contribution in [0.3, 0.4) is 0 Å². The van der Waals surface area contributed by atoms with E-state index in [1.807, 2.05) is 24.1 Å². The summed E-state index contributed by atoms with van der Waals surface area (Å²) in [5.41, 5.74) is 4.09. The van der Waals surface area contributed by atoms with Gasteiger partial charge in [-0.1, -0.05) is 0 Å². The monoisotopic (exact) mass is 372 g/mol. The summed E-state index contributed by atoms with van der Waals surface area (Å²) in [6.07, 6.45) is 3.28. The zero-order valence-corrected chi connectivity index (χ0v) is 15.3. The Morgan fingerprint density at radius 1 is 1.19 bits per heavy atom. The van der Waals surface area contributed by atoms with Crippen LogP contribution in [-0.4, -0.2) is 60.2 Å². The Morgan fingerprint density at radius 3 is 2.93 bits per heavy atom. The number of fused-ring (bicyclic) bond motifs is 4. The molecule has 0 bridgehead atoms. The van der Waals surface area contributed by atoms with E-state index in [9.17, 15) is 9.59 Å². The Kier molecular flexibility index (Phi) is 3.98. The van der Waals surface area contributed by atoms with E-state index in [1.54, 1.807) is 6.07 Å². The number of carbonyl (C=O) groups excluding carboxylic acids is 2. The van der Waals surface area contributed by atoms with Crippen molar-refractivity contribution in [2.45, 2.75) is 43.8 Å². The minimum Gasteiger partial charge on any atom is -0.454 e. The number of ether oxygens (including phenoxy) is 2. The van der Waals surface area contributed by atoms with Crippen molar-refractivity contribution >= 4 is 17.5 Å². The van der Waals surface area contributed by atoms with Gasteiger partial charge in [-0.3, -0.25) is 15.0 Å². The standard InChI is InChI=1S/C19H24N4O4/c1-22-15-8-11(2-4-13(15)23-14(19(22)25)6-7-20-23)18(24)21-12-3-5-16-17(9-12)27-10-26-16/h3,5,9,11,13-15,20H,2,4,6-8,10H2,1H3,(H,21,24). The van der Waals surface area contributed by atoms with Crippen molar-refractivity contribution in [3.05, 3.63) is 18.2 Å². The molecule has 5 rings (SSSR count). The molecule has 144 valence electrons. The molecule has 0 spiro atoms. The number of benzene rings is 1. The molecule has 1 aromatic carbocycles. The molecule has 4 aliphatic rings. The first-order chi connectivity index (χ1) is 13.1. The summed E-state index contributed by atoms with van der Waals surface area (Å²) in [6, 6.07) is 5.74. The fourth-order valence-electron chi connectivity index (χ4n) is 4.90. The van der Waals surface area contributed by atoms with Crippen molar-refractivity contribution in [3.8, 4) is 11.5 Å². The van der Waals surface area contributed by atoms with Gasteiger partial charge in [-0.05, 0) is 37.8 Å². The van der Waals surface area contributed by atoms with Gasteiger partial charge in [-0.2, -0.15) is 0 Å². The molecule has 8 heteroatoms. The van der Waals surface area contributed by atoms with Crippen LogP contribution < -0.4 is 20.2 Å². The van der Waals surface area contributed by atoms with Gasteiger partial charge in [0.25, 0.3) is 0 Å². The normalized spacial score (nSPS) is 32.2. The minimum atomic E-state index is -0.105. The smallest absolute Gasteiger partial charge is 0.241 e. The second-order valence-electron chi connectivity index (χ2n) is 7.77. The number of nitrogens with one attached hydrogen (secondary N) is 2. The summed E-state index contributed by atoms with van der Waals surface area (Å²) in [5, 5.41) is 5.15. The Hall–Kier alpha value is -2.32. The SMILES string of the molecule is CN1C(=O)C2CCNN2C2CCC(C(=O)Nc3ccc4c(c3)OCO4)CC21. The third-order valence-electron chi connectivity index (χ3n) is 6.33. The Balaban J connectivity index is 1.28. The van der Waals surface area contributed by atoms with Crippen LogP contribution in [0.2, 0.25) is 0 Å². The molecular formula is C19H24N4O4. The zero-order valence-electron chi connectivity index (χ0n) is 15.3. The van der Waals surface area contributed by atoms with Crippen molar-refractivity contribution in [2.24, 2.45) is 5.92 Å². The highest BCUT2D eigenvalue weighted by Gasteiger charge is 2.50. The first-order valence-corrected chi connectivity index (χ1v) is 9.61. The number of rotatable bonds is 2. The van der Waals surface area contributed by atoms with E-state index in [0.29, 0.717) is 23.6 Å². The van der Waals surface area contributed by atoms with Gasteiger partial charge in [0.1, 0.15) is 6.04 Å². The summed E-state index contributed by atoms with van der Waals surface area (Å²) in [6.45, 7) is 1.06. The molecule has 4 unspecified atom stereocenters. The summed E-state index contributed by atoms with van der Waals surface area (Å²) < 4.78 is 10.7. The lowest BCUT2D eigenvalue weighted by atomic mass is 9.79. The second-order valence-corrected chi connectivity index (χ2v) is 7.77. The number of nitrogens with zero attached hydrogens (tertiary/aromatic N) is 2. The maximum absolute atomic E-state index is 12.8. The molecule has 1 aromatic rings. The first-order valence-electron chi connectivity index (χ1n) is 9.61. The lowest BCUT2D eigenvalue weighted by Crippen LogP contribution is -2.67. The molecule has 2 N–H and O–H groups in total. The molecular weight excluding hydrogens is 348 g/mol. The summed E-state index contributed by atoms with van der Waals surface area (Å²) in [7, 11) is 1.88. The van der Waals surface area contributed by atoms with Gasteiger partial charge in [0, 0.05) is 43.3 Å². The zero-order chi connectivity index (χ0) is 18.5. The van der Waals surface area contributed by atoms with E-state index in [0.717, 1.165) is 25.8 Å². The van der Waals surface area contributed by atoms with E-state index < -0.39 is 0 Å². The maximum atomic E-state index is 12.8. The molecule has 3 fully saturated rings. The van der Waals surface area contributed by atoms with E-state index in [-0.39, 0.29) is 42.7 Å². The number of likely N-dealkylation sites (N-methyl/N-ethyl adjacent to an activating group) is 1. The van der Waals surface area contributed by atoms with Gasteiger partial charge in [0.2, 0.25) is 18.6 Å². The average molecular weight is 372 g/mol. The lowest BCUT2D eigenvalue weighted by molar-refractivity contribution is -0.153. The van der Waals surface area contributed by atoms with Gasteiger partial charge < -0.3 is 19.7 Å². The number of amides is 2. The average Bonchev–Trinajstić information content (AvgIpc) is 3.34. The minimum absolute atomic E-state index is 0.00432. The van der Waals surface area contributed by atoms with E-state index in [2.05, 4.69) is 15.8 Å². The van der Waals surface area contributed by atoms with Crippen LogP contribution >= 0.6 is 0 Å². The quantitative estimate of drug-likeness (QED) is 0.804. The molecule has 1 saturated carbocycles. The molecule has 3 aliphatic heterocycles. The van der Waals surface area contributed by atoms with Gasteiger partial charge in [0.15, 0.2) is 11.5 Å². The number of hydrogen-bond acceptors (Lipinski definition) is 6. The Labute approximate surface area is 157 Å². The fraction of sp³-hybridized carbons (Fsp3) is 0.579. The van der Waals surface area contributed by atoms with Crippen LogP contribution in [0.5, 0.6) is 11.5 Å². The number of hydrazine groups is 1. The number of hydrogen-bond donors (Lipinski definition) is 2. The molecule has 2 amide bonds. The van der Waals surface area contributed by atoms with Gasteiger partial charge in [-0.15, -0.1) is 0 Å². The van der Waals surface area contributed by atoms with Crippen molar-refractivity contribution in [1.29, 1.82) is 0 Å². The van der Waals surface area contributed by atoms with Gasteiger partial charge in [0.05, 0.1) is 0 Å². The summed E-state index contributed by atoms with van der Waals surface area (Å²) in [5.74, 6) is 1.41. The predicted molar refractivity (Wildman–Crippen MR) is 97.1 cm³/mol. The van der Waals surface area contributed by atoms with Crippen molar-refractivity contribution in [3.63, 3.8) is 0 Å². The Morgan fingerprint density at radius 2 is 2.04 bits per heavy atom. The largest absolute Gasteiger partial charge is 0.454 e. The highest BCUT2D eigenvalue weighted by molar-refractivity contribution is 5.93. The van der Waals surface area contributed by atoms with Crippen molar-refractivity contribution < 1.29 is 19.1 Å².